The van der Waals surface area contributed by atoms with Crippen molar-refractivity contribution in [2.75, 3.05) is 13.7 Å². The Kier molecular flexibility index (Phi) is 6.37. The quantitative estimate of drug-likeness (QED) is 0.493. The Labute approximate surface area is 188 Å². The summed E-state index contributed by atoms with van der Waals surface area (Å²) >= 11 is 0. The number of benzene rings is 1. The van der Waals surface area contributed by atoms with E-state index >= 15 is 4.39 Å². The van der Waals surface area contributed by atoms with Crippen LogP contribution in [-0.2, 0) is 25.3 Å². The number of hydrogen-bond acceptors (Lipinski definition) is 7. The second-order valence-electron chi connectivity index (χ2n) is 8.98. The summed E-state index contributed by atoms with van der Waals surface area (Å²) in [6.07, 6.45) is 1.09. The van der Waals surface area contributed by atoms with E-state index in [9.17, 15) is 9.90 Å². The molecular formula is C23H30BFO7. The van der Waals surface area contributed by atoms with Gasteiger partial charge in [0.05, 0.1) is 31.3 Å². The number of carbonyl (C=O) groups is 1. The number of aliphatic hydroxyl groups is 1. The highest BCUT2D eigenvalue weighted by atomic mass is 19.1. The van der Waals surface area contributed by atoms with Crippen molar-refractivity contribution in [1.82, 2.24) is 0 Å². The summed E-state index contributed by atoms with van der Waals surface area (Å²) in [6.45, 7) is 10.8. The summed E-state index contributed by atoms with van der Waals surface area (Å²) < 4.78 is 43.4. The summed E-state index contributed by atoms with van der Waals surface area (Å²) in [5, 5.41) is 11.0. The number of aliphatic hydroxyl groups excluding tert-OH is 1. The van der Waals surface area contributed by atoms with E-state index < -0.39 is 35.7 Å². The lowest BCUT2D eigenvalue weighted by Crippen LogP contribution is -2.41. The number of halogens is 1. The van der Waals surface area contributed by atoms with Gasteiger partial charge >= 0.3 is 13.1 Å². The molecule has 1 aromatic rings. The first-order chi connectivity index (χ1) is 14.8. The monoisotopic (exact) mass is 448 g/mol. The average molecular weight is 448 g/mol. The molecule has 1 aliphatic heterocycles. The number of ether oxygens (including phenoxy) is 3. The van der Waals surface area contributed by atoms with E-state index in [0.29, 0.717) is 11.3 Å². The Balaban J connectivity index is 1.95. The van der Waals surface area contributed by atoms with Gasteiger partial charge in [0.1, 0.15) is 17.3 Å². The van der Waals surface area contributed by atoms with Crippen molar-refractivity contribution in [1.29, 1.82) is 0 Å². The Morgan fingerprint density at radius 1 is 1.16 bits per heavy atom. The highest BCUT2D eigenvalue weighted by Gasteiger charge is 2.56. The molecule has 0 radical (unpaired) electrons. The van der Waals surface area contributed by atoms with Gasteiger partial charge in [-0.1, -0.05) is 6.07 Å². The van der Waals surface area contributed by atoms with E-state index in [1.807, 2.05) is 27.7 Å². The van der Waals surface area contributed by atoms with Crippen LogP contribution in [0.15, 0.2) is 41.3 Å². The molecule has 0 aromatic heterocycles. The van der Waals surface area contributed by atoms with Crippen LogP contribution in [0.3, 0.4) is 0 Å². The van der Waals surface area contributed by atoms with Gasteiger partial charge in [-0.2, -0.15) is 0 Å². The van der Waals surface area contributed by atoms with E-state index in [-0.39, 0.29) is 30.0 Å². The van der Waals surface area contributed by atoms with Crippen LogP contribution >= 0.6 is 0 Å². The highest BCUT2D eigenvalue weighted by Crippen LogP contribution is 2.45. The third kappa shape index (κ3) is 4.23. The minimum Gasteiger partial charge on any atom is -0.508 e. The van der Waals surface area contributed by atoms with E-state index in [0.717, 1.165) is 0 Å². The zero-order valence-electron chi connectivity index (χ0n) is 19.6. The molecule has 174 valence electrons. The molecule has 2 aliphatic rings. The fourth-order valence-corrected chi connectivity index (χ4v) is 3.47. The lowest BCUT2D eigenvalue weighted by molar-refractivity contribution is -0.142. The van der Waals surface area contributed by atoms with Crippen molar-refractivity contribution in [3.05, 3.63) is 46.9 Å². The van der Waals surface area contributed by atoms with Gasteiger partial charge in [0.25, 0.3) is 0 Å². The van der Waals surface area contributed by atoms with Crippen LogP contribution in [0.1, 0.15) is 47.1 Å². The summed E-state index contributed by atoms with van der Waals surface area (Å²) in [6, 6.07) is 4.84. The Morgan fingerprint density at radius 2 is 1.78 bits per heavy atom. The first-order valence-corrected chi connectivity index (χ1v) is 10.5. The fourth-order valence-electron chi connectivity index (χ4n) is 3.47. The number of hydrogen-bond donors (Lipinski definition) is 1. The first kappa shape index (κ1) is 24.1. The molecule has 1 saturated heterocycles. The first-order valence-electron chi connectivity index (χ1n) is 10.5. The maximum Gasteiger partial charge on any atom is 0.498 e. The van der Waals surface area contributed by atoms with Crippen molar-refractivity contribution >= 4 is 13.1 Å². The molecular weight excluding hydrogens is 418 g/mol. The number of carbonyl (C=O) groups excluding carboxylic acids is 1. The van der Waals surface area contributed by atoms with Crippen molar-refractivity contribution in [2.24, 2.45) is 0 Å². The molecule has 1 aromatic carbocycles. The van der Waals surface area contributed by atoms with Gasteiger partial charge in [0.15, 0.2) is 5.83 Å². The molecule has 0 spiro atoms. The molecule has 0 amide bonds. The van der Waals surface area contributed by atoms with Crippen LogP contribution in [0.4, 0.5) is 4.39 Å². The summed E-state index contributed by atoms with van der Waals surface area (Å²) in [5.74, 6) is -0.894. The van der Waals surface area contributed by atoms with Gasteiger partial charge in [0.2, 0.25) is 5.60 Å². The van der Waals surface area contributed by atoms with E-state index in [1.165, 1.54) is 26.2 Å². The largest absolute Gasteiger partial charge is 0.508 e. The molecule has 1 aliphatic carbocycles. The third-order valence-electron chi connectivity index (χ3n) is 6.20. The maximum atomic E-state index is 15.2. The lowest BCUT2D eigenvalue weighted by Gasteiger charge is -2.32. The molecule has 0 saturated carbocycles. The SMILES string of the molecule is CCOC(=O)Cc1ccc(OC)cc1OC1(C)C(F)=CC(B2OC(C)(C)C(C)(C)O2)=C1O. The summed E-state index contributed by atoms with van der Waals surface area (Å²) in [4.78, 5) is 12.0. The second-order valence-corrected chi connectivity index (χ2v) is 8.98. The summed E-state index contributed by atoms with van der Waals surface area (Å²) in [5.41, 5.74) is -2.52. The molecule has 1 atom stereocenters. The smallest absolute Gasteiger partial charge is 0.498 e. The van der Waals surface area contributed by atoms with Crippen LogP contribution < -0.4 is 9.47 Å². The molecule has 1 unspecified atom stereocenters. The Bertz CT molecular complexity index is 953. The van der Waals surface area contributed by atoms with Crippen LogP contribution in [0.2, 0.25) is 0 Å². The number of rotatable bonds is 7. The minimum atomic E-state index is -1.82. The van der Waals surface area contributed by atoms with Crippen molar-refractivity contribution in [3.63, 3.8) is 0 Å². The van der Waals surface area contributed by atoms with E-state index in [1.54, 1.807) is 19.1 Å². The highest BCUT2D eigenvalue weighted by molar-refractivity contribution is 6.56. The standard InChI is InChI=1S/C23H30BFO7/c1-8-29-19(26)11-14-9-10-15(28-7)12-17(14)30-23(6)18(25)13-16(20(23)27)24-31-21(2,3)22(4,5)32-24/h9-10,12-13,27H,8,11H2,1-7H3. The van der Waals surface area contributed by atoms with Crippen LogP contribution in [0, 0.1) is 0 Å². The molecule has 1 fully saturated rings. The van der Waals surface area contributed by atoms with Crippen LogP contribution in [0.25, 0.3) is 0 Å². The van der Waals surface area contributed by atoms with E-state index in [2.05, 4.69) is 0 Å². The Hall–Kier alpha value is -2.52. The van der Waals surface area contributed by atoms with Gasteiger partial charge < -0.3 is 28.6 Å². The molecule has 32 heavy (non-hydrogen) atoms. The average Bonchev–Trinajstić information content (AvgIpc) is 3.06. The molecule has 1 N–H and O–H groups in total. The second kappa shape index (κ2) is 8.44. The molecule has 0 bridgehead atoms. The zero-order chi connectivity index (χ0) is 23.9. The molecule has 1 heterocycles. The Morgan fingerprint density at radius 3 is 2.34 bits per heavy atom. The molecule has 7 nitrogen and oxygen atoms in total. The van der Waals surface area contributed by atoms with Crippen molar-refractivity contribution in [3.8, 4) is 11.5 Å². The predicted molar refractivity (Wildman–Crippen MR) is 117 cm³/mol. The molecule has 3 rings (SSSR count). The van der Waals surface area contributed by atoms with Gasteiger partial charge in [-0.05, 0) is 53.7 Å². The van der Waals surface area contributed by atoms with Crippen molar-refractivity contribution in [2.45, 2.75) is 64.8 Å². The van der Waals surface area contributed by atoms with Gasteiger partial charge in [0, 0.05) is 17.1 Å². The normalized spacial score (nSPS) is 23.9. The van der Waals surface area contributed by atoms with Gasteiger partial charge in [-0.3, -0.25) is 4.79 Å². The van der Waals surface area contributed by atoms with Crippen LogP contribution in [0.5, 0.6) is 11.5 Å². The zero-order valence-corrected chi connectivity index (χ0v) is 19.6. The minimum absolute atomic E-state index is 0.0802. The summed E-state index contributed by atoms with van der Waals surface area (Å²) in [7, 11) is 0.524. The third-order valence-corrected chi connectivity index (χ3v) is 6.20. The fraction of sp³-hybridized carbons (Fsp3) is 0.522. The van der Waals surface area contributed by atoms with Crippen molar-refractivity contribution < 1.29 is 37.8 Å². The van der Waals surface area contributed by atoms with E-state index in [4.69, 9.17) is 23.5 Å². The topological polar surface area (TPSA) is 83.5 Å². The van der Waals surface area contributed by atoms with Gasteiger partial charge in [-0.15, -0.1) is 0 Å². The van der Waals surface area contributed by atoms with Gasteiger partial charge in [-0.25, -0.2) is 4.39 Å². The predicted octanol–water partition coefficient (Wildman–Crippen LogP) is 4.25. The molecule has 9 heteroatoms. The number of allylic oxidation sites excluding steroid dienone is 2. The number of methoxy groups -OCH3 is 1. The number of esters is 1. The van der Waals surface area contributed by atoms with Crippen LogP contribution in [-0.4, -0.2) is 48.7 Å². The maximum absolute atomic E-state index is 15.2. The lowest BCUT2D eigenvalue weighted by atomic mass is 9.78.